The fourth-order valence-electron chi connectivity index (χ4n) is 4.15. The van der Waals surface area contributed by atoms with Crippen LogP contribution in [0.5, 0.6) is 0 Å². The second-order valence-electron chi connectivity index (χ2n) is 8.21. The highest BCUT2D eigenvalue weighted by Gasteiger charge is 2.76. The van der Waals surface area contributed by atoms with Crippen LogP contribution in [0.1, 0.15) is 40.0 Å². The van der Waals surface area contributed by atoms with E-state index in [-0.39, 0.29) is 25.4 Å². The van der Waals surface area contributed by atoms with E-state index in [9.17, 15) is 36.2 Å². The zero-order chi connectivity index (χ0) is 19.4. The summed E-state index contributed by atoms with van der Waals surface area (Å²) in [6, 6.07) is 0. The van der Waals surface area contributed by atoms with Crippen molar-refractivity contribution in [2.75, 3.05) is 6.61 Å². The van der Waals surface area contributed by atoms with Crippen molar-refractivity contribution < 1.29 is 41.0 Å². The van der Waals surface area contributed by atoms with Gasteiger partial charge in [-0.05, 0) is 57.8 Å². The summed E-state index contributed by atoms with van der Waals surface area (Å²) < 4.78 is 83.8. The molecule has 2 rings (SSSR count). The van der Waals surface area contributed by atoms with Gasteiger partial charge in [0, 0.05) is 5.92 Å². The summed E-state index contributed by atoms with van der Waals surface area (Å²) in [5.41, 5.74) is -5.54. The fraction of sp³-hybridized carbons (Fsp3) is 0.938. The number of halogens is 6. The normalized spacial score (nSPS) is 30.6. The first-order chi connectivity index (χ1) is 11.1. The number of ether oxygens (including phenoxy) is 1. The first-order valence-electron chi connectivity index (χ1n) is 8.12. The van der Waals surface area contributed by atoms with E-state index in [4.69, 9.17) is 4.74 Å². The third-order valence-corrected chi connectivity index (χ3v) is 5.39. The number of alkyl halides is 6. The fourth-order valence-corrected chi connectivity index (χ4v) is 4.15. The minimum absolute atomic E-state index is 0.177. The van der Waals surface area contributed by atoms with Crippen molar-refractivity contribution in [3.05, 3.63) is 0 Å². The average Bonchev–Trinajstić information content (AvgIpc) is 2.99. The molecule has 0 aromatic carbocycles. The standard InChI is InChI=1S/C16H22F6O3/c1-13(2,3)12(23)25-7-9-4-8-5-10(9)11(6-8)14(24,15(17,18)19)16(20,21)22/h8-11,24H,4-7H2,1-3H3. The predicted molar refractivity (Wildman–Crippen MR) is 75.3 cm³/mol. The Hall–Kier alpha value is -0.990. The third kappa shape index (κ3) is 3.48. The molecule has 0 radical (unpaired) electrons. The van der Waals surface area contributed by atoms with Crippen LogP contribution < -0.4 is 0 Å². The van der Waals surface area contributed by atoms with E-state index in [0.717, 1.165) is 0 Å². The third-order valence-electron chi connectivity index (χ3n) is 5.39. The number of carbonyl (C=O) groups is 1. The first-order valence-corrected chi connectivity index (χ1v) is 8.12. The number of aliphatic hydroxyl groups is 1. The second-order valence-corrected chi connectivity index (χ2v) is 8.21. The van der Waals surface area contributed by atoms with Crippen molar-refractivity contribution in [1.29, 1.82) is 0 Å². The van der Waals surface area contributed by atoms with Crippen LogP contribution in [0.4, 0.5) is 26.3 Å². The lowest BCUT2D eigenvalue weighted by atomic mass is 9.71. The van der Waals surface area contributed by atoms with Crippen LogP contribution in [0.15, 0.2) is 0 Å². The molecule has 4 atom stereocenters. The van der Waals surface area contributed by atoms with Crippen LogP contribution in [0.3, 0.4) is 0 Å². The Bertz CT molecular complexity index is 505. The molecule has 9 heteroatoms. The molecule has 2 aliphatic rings. The van der Waals surface area contributed by atoms with Crippen LogP contribution in [0.2, 0.25) is 0 Å². The van der Waals surface area contributed by atoms with Gasteiger partial charge in [-0.1, -0.05) is 0 Å². The Labute approximate surface area is 141 Å². The number of hydrogen-bond donors (Lipinski definition) is 1. The summed E-state index contributed by atoms with van der Waals surface area (Å²) in [6.45, 7) is 4.58. The number of esters is 1. The monoisotopic (exact) mass is 376 g/mol. The summed E-state index contributed by atoms with van der Waals surface area (Å²) in [4.78, 5) is 11.8. The molecular weight excluding hydrogens is 354 g/mol. The quantitative estimate of drug-likeness (QED) is 0.596. The van der Waals surface area contributed by atoms with Crippen LogP contribution in [0.25, 0.3) is 0 Å². The molecule has 2 saturated carbocycles. The van der Waals surface area contributed by atoms with Gasteiger partial charge in [0.25, 0.3) is 5.60 Å². The zero-order valence-electron chi connectivity index (χ0n) is 14.2. The topological polar surface area (TPSA) is 46.5 Å². The van der Waals surface area contributed by atoms with Gasteiger partial charge in [0.1, 0.15) is 0 Å². The molecular formula is C16H22F6O3. The largest absolute Gasteiger partial charge is 0.465 e. The molecule has 0 aliphatic heterocycles. The summed E-state index contributed by atoms with van der Waals surface area (Å²) in [7, 11) is 0. The Morgan fingerprint density at radius 3 is 1.92 bits per heavy atom. The van der Waals surface area contributed by atoms with Gasteiger partial charge in [0.15, 0.2) is 0 Å². The summed E-state index contributed by atoms with van der Waals surface area (Å²) in [5.74, 6) is -4.44. The van der Waals surface area contributed by atoms with Gasteiger partial charge in [-0.3, -0.25) is 4.79 Å². The molecule has 0 amide bonds. The number of carbonyl (C=O) groups excluding carboxylic acids is 1. The Morgan fingerprint density at radius 2 is 1.52 bits per heavy atom. The predicted octanol–water partition coefficient (Wildman–Crippen LogP) is 4.09. The maximum Gasteiger partial charge on any atom is 0.426 e. The van der Waals surface area contributed by atoms with E-state index < -0.39 is 47.1 Å². The average molecular weight is 376 g/mol. The highest BCUT2D eigenvalue weighted by molar-refractivity contribution is 5.75. The lowest BCUT2D eigenvalue weighted by Crippen LogP contribution is -2.63. The van der Waals surface area contributed by atoms with Gasteiger partial charge in [-0.2, -0.15) is 26.3 Å². The molecule has 146 valence electrons. The van der Waals surface area contributed by atoms with Gasteiger partial charge < -0.3 is 9.84 Å². The molecule has 2 bridgehead atoms. The van der Waals surface area contributed by atoms with Crippen LogP contribution in [0, 0.1) is 29.1 Å². The van der Waals surface area contributed by atoms with Crippen molar-refractivity contribution in [3.8, 4) is 0 Å². The molecule has 2 fully saturated rings. The number of rotatable bonds is 3. The maximum atomic E-state index is 13.1. The lowest BCUT2D eigenvalue weighted by molar-refractivity contribution is -0.390. The minimum atomic E-state index is -5.81. The van der Waals surface area contributed by atoms with E-state index >= 15 is 0 Å². The molecule has 25 heavy (non-hydrogen) atoms. The van der Waals surface area contributed by atoms with E-state index in [2.05, 4.69) is 0 Å². The molecule has 2 aliphatic carbocycles. The summed E-state index contributed by atoms with van der Waals surface area (Å²) in [6.07, 6.45) is -11.4. The van der Waals surface area contributed by atoms with Crippen LogP contribution in [-0.2, 0) is 9.53 Å². The van der Waals surface area contributed by atoms with E-state index in [1.54, 1.807) is 20.8 Å². The van der Waals surface area contributed by atoms with Crippen molar-refractivity contribution in [3.63, 3.8) is 0 Å². The first kappa shape index (κ1) is 20.3. The van der Waals surface area contributed by atoms with Crippen molar-refractivity contribution in [2.24, 2.45) is 29.1 Å². The van der Waals surface area contributed by atoms with Crippen LogP contribution in [-0.4, -0.2) is 35.6 Å². The molecule has 0 aromatic heterocycles. The second kappa shape index (κ2) is 6.03. The van der Waals surface area contributed by atoms with Crippen molar-refractivity contribution in [1.82, 2.24) is 0 Å². The number of fused-ring (bicyclic) bond motifs is 2. The lowest BCUT2D eigenvalue weighted by Gasteiger charge is -2.42. The van der Waals surface area contributed by atoms with E-state index in [1.165, 1.54) is 0 Å². The molecule has 1 N–H and O–H groups in total. The van der Waals surface area contributed by atoms with Gasteiger partial charge in [0.05, 0.1) is 12.0 Å². The highest BCUT2D eigenvalue weighted by atomic mass is 19.4. The van der Waals surface area contributed by atoms with E-state index in [0.29, 0.717) is 6.42 Å². The molecule has 0 spiro atoms. The van der Waals surface area contributed by atoms with Crippen molar-refractivity contribution >= 4 is 5.97 Å². The number of hydrogen-bond acceptors (Lipinski definition) is 3. The Balaban J connectivity index is 2.18. The van der Waals surface area contributed by atoms with Crippen molar-refractivity contribution in [2.45, 2.75) is 58.0 Å². The van der Waals surface area contributed by atoms with Crippen LogP contribution >= 0.6 is 0 Å². The van der Waals surface area contributed by atoms with Gasteiger partial charge in [-0.25, -0.2) is 0 Å². The van der Waals surface area contributed by atoms with E-state index in [1.807, 2.05) is 0 Å². The highest BCUT2D eigenvalue weighted by Crippen LogP contribution is 2.61. The minimum Gasteiger partial charge on any atom is -0.465 e. The zero-order valence-corrected chi connectivity index (χ0v) is 14.2. The smallest absolute Gasteiger partial charge is 0.426 e. The summed E-state index contributed by atoms with van der Waals surface area (Å²) in [5, 5.41) is 9.67. The van der Waals surface area contributed by atoms with Gasteiger partial charge in [0.2, 0.25) is 0 Å². The molecule has 0 heterocycles. The maximum absolute atomic E-state index is 13.1. The molecule has 0 aromatic rings. The van der Waals surface area contributed by atoms with Gasteiger partial charge >= 0.3 is 18.3 Å². The molecule has 0 saturated heterocycles. The molecule has 3 nitrogen and oxygen atoms in total. The molecule has 4 unspecified atom stereocenters. The Morgan fingerprint density at radius 1 is 1.00 bits per heavy atom. The SMILES string of the molecule is CC(C)(C)C(=O)OCC1CC2CC1C(C(O)(C(F)(F)F)C(F)(F)F)C2. The van der Waals surface area contributed by atoms with Gasteiger partial charge in [-0.15, -0.1) is 0 Å². The summed E-state index contributed by atoms with van der Waals surface area (Å²) >= 11 is 0. The Kier molecular flexibility index (Phi) is 4.90.